The summed E-state index contributed by atoms with van der Waals surface area (Å²) < 4.78 is 10.4. The van der Waals surface area contributed by atoms with E-state index in [2.05, 4.69) is 15.5 Å². The van der Waals surface area contributed by atoms with E-state index in [9.17, 15) is 9.59 Å². The zero-order valence-corrected chi connectivity index (χ0v) is 16.9. The lowest BCUT2D eigenvalue weighted by Gasteiger charge is -2.13. The minimum Gasteiger partial charge on any atom is -0.453 e. The van der Waals surface area contributed by atoms with E-state index >= 15 is 0 Å². The Morgan fingerprint density at radius 1 is 1.00 bits per heavy atom. The number of benzene rings is 3. The van der Waals surface area contributed by atoms with Crippen molar-refractivity contribution in [1.82, 2.24) is 10.1 Å². The van der Waals surface area contributed by atoms with Crippen LogP contribution < -0.4 is 5.32 Å². The Kier molecular flexibility index (Phi) is 6.03. The zero-order valence-electron chi connectivity index (χ0n) is 16.9. The third-order valence-electron chi connectivity index (χ3n) is 4.74. The van der Waals surface area contributed by atoms with E-state index in [1.165, 1.54) is 6.92 Å². The van der Waals surface area contributed by atoms with Crippen LogP contribution in [-0.4, -0.2) is 28.1 Å². The van der Waals surface area contributed by atoms with E-state index in [0.29, 0.717) is 17.4 Å². The van der Waals surface area contributed by atoms with Gasteiger partial charge in [0.1, 0.15) is 0 Å². The molecule has 156 valence electrons. The Bertz CT molecular complexity index is 1200. The van der Waals surface area contributed by atoms with Gasteiger partial charge in [0, 0.05) is 17.7 Å². The number of aryl methyl sites for hydroxylation is 1. The van der Waals surface area contributed by atoms with Crippen LogP contribution in [0.2, 0.25) is 0 Å². The fraction of sp³-hybridized carbons (Fsp3) is 0.167. The minimum atomic E-state index is -0.929. The molecule has 0 saturated carbocycles. The Hall–Kier alpha value is -4.00. The number of hydrogen-bond donors (Lipinski definition) is 1. The van der Waals surface area contributed by atoms with E-state index < -0.39 is 18.0 Å². The highest BCUT2D eigenvalue weighted by Gasteiger charge is 2.19. The third-order valence-corrected chi connectivity index (χ3v) is 4.74. The monoisotopic (exact) mass is 415 g/mol. The van der Waals surface area contributed by atoms with E-state index in [0.717, 1.165) is 16.3 Å². The normalized spacial score (nSPS) is 11.8. The highest BCUT2D eigenvalue weighted by atomic mass is 16.5. The standard InChI is InChI=1S/C24H21N3O4/c1-16(24(29)25-20-12-11-17-7-5-6-10-19(17)15-20)30-22(28)14-13-21-26-23(27-31-21)18-8-3-2-4-9-18/h2-12,15-16H,13-14H2,1H3,(H,25,29). The van der Waals surface area contributed by atoms with Crippen LogP contribution in [0.25, 0.3) is 22.2 Å². The Labute approximate surface area is 179 Å². The minimum absolute atomic E-state index is 0.0318. The van der Waals surface area contributed by atoms with Crippen molar-refractivity contribution in [3.63, 3.8) is 0 Å². The van der Waals surface area contributed by atoms with E-state index in [1.54, 1.807) is 0 Å². The summed E-state index contributed by atoms with van der Waals surface area (Å²) in [7, 11) is 0. The number of hydrogen-bond acceptors (Lipinski definition) is 6. The number of amides is 1. The number of nitrogens with one attached hydrogen (secondary N) is 1. The molecule has 0 saturated heterocycles. The number of esters is 1. The predicted octanol–water partition coefficient (Wildman–Crippen LogP) is 4.39. The van der Waals surface area contributed by atoms with Crippen LogP contribution in [0.4, 0.5) is 5.69 Å². The van der Waals surface area contributed by atoms with Crippen LogP contribution in [0.15, 0.2) is 77.3 Å². The molecule has 4 rings (SSSR count). The van der Waals surface area contributed by atoms with Gasteiger partial charge in [-0.1, -0.05) is 65.8 Å². The van der Waals surface area contributed by atoms with Gasteiger partial charge in [0.05, 0.1) is 6.42 Å². The van der Waals surface area contributed by atoms with Crippen molar-refractivity contribution in [2.24, 2.45) is 0 Å². The molecule has 0 fully saturated rings. The van der Waals surface area contributed by atoms with Crippen molar-refractivity contribution in [3.8, 4) is 11.4 Å². The largest absolute Gasteiger partial charge is 0.453 e. The first kappa shape index (κ1) is 20.3. The van der Waals surface area contributed by atoms with Crippen molar-refractivity contribution < 1.29 is 18.8 Å². The number of anilines is 1. The zero-order chi connectivity index (χ0) is 21.6. The maximum absolute atomic E-state index is 12.4. The van der Waals surface area contributed by atoms with Crippen LogP contribution in [0.1, 0.15) is 19.2 Å². The average Bonchev–Trinajstić information content (AvgIpc) is 3.27. The maximum atomic E-state index is 12.4. The van der Waals surface area contributed by atoms with Crippen LogP contribution in [0, 0.1) is 0 Å². The molecule has 0 aliphatic carbocycles. The number of aromatic nitrogens is 2. The van der Waals surface area contributed by atoms with Crippen molar-refractivity contribution >= 4 is 28.3 Å². The number of ether oxygens (including phenoxy) is 1. The molecule has 1 amide bonds. The van der Waals surface area contributed by atoms with Gasteiger partial charge in [-0.15, -0.1) is 0 Å². The van der Waals surface area contributed by atoms with Crippen molar-refractivity contribution in [1.29, 1.82) is 0 Å². The molecule has 0 aliphatic rings. The second-order valence-electron chi connectivity index (χ2n) is 7.06. The van der Waals surface area contributed by atoms with Gasteiger partial charge in [0.2, 0.25) is 11.7 Å². The van der Waals surface area contributed by atoms with Crippen LogP contribution >= 0.6 is 0 Å². The van der Waals surface area contributed by atoms with Crippen molar-refractivity contribution in [2.75, 3.05) is 5.32 Å². The summed E-state index contributed by atoms with van der Waals surface area (Å²) >= 11 is 0. The molecule has 0 bridgehead atoms. The summed E-state index contributed by atoms with van der Waals surface area (Å²) in [6, 6.07) is 22.9. The van der Waals surface area contributed by atoms with E-state index in [-0.39, 0.29) is 12.8 Å². The number of carbonyl (C=O) groups is 2. The molecule has 7 nitrogen and oxygen atoms in total. The third kappa shape index (κ3) is 5.14. The van der Waals surface area contributed by atoms with Gasteiger partial charge < -0.3 is 14.6 Å². The van der Waals surface area contributed by atoms with E-state index in [1.807, 2.05) is 72.8 Å². The second kappa shape index (κ2) is 9.21. The van der Waals surface area contributed by atoms with Gasteiger partial charge in [-0.2, -0.15) is 4.98 Å². The van der Waals surface area contributed by atoms with Crippen LogP contribution in [0.5, 0.6) is 0 Å². The fourth-order valence-corrected chi connectivity index (χ4v) is 3.09. The van der Waals surface area contributed by atoms with Crippen LogP contribution in [0.3, 0.4) is 0 Å². The predicted molar refractivity (Wildman–Crippen MR) is 116 cm³/mol. The summed E-state index contributed by atoms with van der Waals surface area (Å²) in [5.41, 5.74) is 1.48. The summed E-state index contributed by atoms with van der Waals surface area (Å²) in [5, 5.41) is 8.79. The molecule has 4 aromatic rings. The van der Waals surface area contributed by atoms with Gasteiger partial charge in [-0.05, 0) is 29.8 Å². The maximum Gasteiger partial charge on any atom is 0.307 e. The Morgan fingerprint density at radius 2 is 1.74 bits per heavy atom. The molecule has 1 aromatic heterocycles. The molecule has 0 spiro atoms. The molecule has 1 N–H and O–H groups in total. The fourth-order valence-electron chi connectivity index (χ4n) is 3.09. The average molecular weight is 415 g/mol. The topological polar surface area (TPSA) is 94.3 Å². The smallest absolute Gasteiger partial charge is 0.307 e. The number of fused-ring (bicyclic) bond motifs is 1. The van der Waals surface area contributed by atoms with Crippen LogP contribution in [-0.2, 0) is 20.7 Å². The molecule has 7 heteroatoms. The SMILES string of the molecule is CC(OC(=O)CCc1nc(-c2ccccc2)no1)C(=O)Nc1ccc2ccccc2c1. The first-order valence-corrected chi connectivity index (χ1v) is 9.95. The number of nitrogens with zero attached hydrogens (tertiary/aromatic N) is 2. The summed E-state index contributed by atoms with van der Waals surface area (Å²) in [5.74, 6) is -0.107. The molecule has 1 atom stereocenters. The second-order valence-corrected chi connectivity index (χ2v) is 7.06. The molecule has 3 aromatic carbocycles. The highest BCUT2D eigenvalue weighted by Crippen LogP contribution is 2.19. The highest BCUT2D eigenvalue weighted by molar-refractivity contribution is 5.97. The molecule has 0 radical (unpaired) electrons. The number of rotatable bonds is 7. The van der Waals surface area contributed by atoms with Gasteiger partial charge in [0.15, 0.2) is 6.10 Å². The van der Waals surface area contributed by atoms with Crippen molar-refractivity contribution in [2.45, 2.75) is 25.9 Å². The summed E-state index contributed by atoms with van der Waals surface area (Å²) in [4.78, 5) is 28.8. The lowest BCUT2D eigenvalue weighted by molar-refractivity contribution is -0.153. The first-order valence-electron chi connectivity index (χ1n) is 9.95. The molecule has 31 heavy (non-hydrogen) atoms. The first-order chi connectivity index (χ1) is 15.1. The lowest BCUT2D eigenvalue weighted by atomic mass is 10.1. The van der Waals surface area contributed by atoms with Gasteiger partial charge in [-0.25, -0.2) is 0 Å². The molecular formula is C24H21N3O4. The summed E-state index contributed by atoms with van der Waals surface area (Å²) in [6.45, 7) is 1.54. The van der Waals surface area contributed by atoms with Gasteiger partial charge in [-0.3, -0.25) is 9.59 Å². The molecule has 1 unspecified atom stereocenters. The molecular weight excluding hydrogens is 394 g/mol. The Morgan fingerprint density at radius 3 is 2.55 bits per heavy atom. The van der Waals surface area contributed by atoms with Gasteiger partial charge in [0.25, 0.3) is 5.91 Å². The lowest BCUT2D eigenvalue weighted by Crippen LogP contribution is -2.30. The summed E-state index contributed by atoms with van der Waals surface area (Å²) in [6.07, 6.45) is -0.664. The van der Waals surface area contributed by atoms with Crippen molar-refractivity contribution in [3.05, 3.63) is 78.7 Å². The quantitative estimate of drug-likeness (QED) is 0.450. The molecule has 0 aliphatic heterocycles. The molecule has 1 heterocycles. The van der Waals surface area contributed by atoms with E-state index in [4.69, 9.17) is 9.26 Å². The Balaban J connectivity index is 1.28. The number of carbonyl (C=O) groups excluding carboxylic acids is 2. The van der Waals surface area contributed by atoms with Gasteiger partial charge >= 0.3 is 5.97 Å².